The van der Waals surface area contributed by atoms with Crippen molar-refractivity contribution in [1.29, 1.82) is 0 Å². The fraction of sp³-hybridized carbons (Fsp3) is 0.250. The van der Waals surface area contributed by atoms with Crippen molar-refractivity contribution in [2.45, 2.75) is 13.3 Å². The highest BCUT2D eigenvalue weighted by Gasteiger charge is 2.10. The Bertz CT molecular complexity index is 882. The van der Waals surface area contributed by atoms with E-state index in [1.165, 1.54) is 4.88 Å². The molecule has 1 atom stereocenters. The van der Waals surface area contributed by atoms with Crippen molar-refractivity contribution in [2.24, 2.45) is 5.92 Å². The SMILES string of the molecule is CSNc1ccc(-c2csc(-c3ccnc(CC(C)CO)c3)c2)c(Cl)c1. The monoisotopic (exact) mass is 404 g/mol. The van der Waals surface area contributed by atoms with Crippen molar-refractivity contribution in [1.82, 2.24) is 4.98 Å². The topological polar surface area (TPSA) is 45.2 Å². The molecule has 2 aromatic heterocycles. The van der Waals surface area contributed by atoms with Gasteiger partial charge in [-0.3, -0.25) is 4.98 Å². The third kappa shape index (κ3) is 4.60. The van der Waals surface area contributed by atoms with E-state index in [9.17, 15) is 5.11 Å². The molecular formula is C20H21ClN2OS2. The standard InChI is InChI=1S/C20H21ClN2OS2/c1-13(11-24)7-17-8-14(5-6-22-17)20-9-15(12-26-20)18-4-3-16(23-25-2)10-19(18)21/h3-6,8-10,12-13,23-24H,7,11H2,1-2H3. The summed E-state index contributed by atoms with van der Waals surface area (Å²) in [6, 6.07) is 12.3. The molecule has 0 radical (unpaired) electrons. The summed E-state index contributed by atoms with van der Waals surface area (Å²) in [4.78, 5) is 5.61. The van der Waals surface area contributed by atoms with Gasteiger partial charge in [-0.1, -0.05) is 36.5 Å². The number of hydrogen-bond donors (Lipinski definition) is 2. The maximum absolute atomic E-state index is 9.25. The lowest BCUT2D eigenvalue weighted by atomic mass is 10.0. The Morgan fingerprint density at radius 3 is 2.81 bits per heavy atom. The zero-order valence-corrected chi connectivity index (χ0v) is 17.1. The summed E-state index contributed by atoms with van der Waals surface area (Å²) in [5.74, 6) is 0.212. The van der Waals surface area contributed by atoms with Gasteiger partial charge >= 0.3 is 0 Å². The summed E-state index contributed by atoms with van der Waals surface area (Å²) in [7, 11) is 0. The van der Waals surface area contributed by atoms with Gasteiger partial charge in [0, 0.05) is 40.9 Å². The van der Waals surface area contributed by atoms with Crippen molar-refractivity contribution >= 4 is 40.6 Å². The van der Waals surface area contributed by atoms with Crippen molar-refractivity contribution in [3.8, 4) is 21.6 Å². The fourth-order valence-corrected chi connectivity index (χ4v) is 4.28. The Hall–Kier alpha value is -1.53. The van der Waals surface area contributed by atoms with Crippen LogP contribution in [0.5, 0.6) is 0 Å². The molecule has 3 aromatic rings. The third-order valence-electron chi connectivity index (χ3n) is 4.07. The summed E-state index contributed by atoms with van der Waals surface area (Å²) >= 11 is 9.72. The van der Waals surface area contributed by atoms with Crippen molar-refractivity contribution < 1.29 is 5.11 Å². The van der Waals surface area contributed by atoms with E-state index in [0.29, 0.717) is 0 Å². The van der Waals surface area contributed by atoms with E-state index in [1.807, 2.05) is 43.6 Å². The lowest BCUT2D eigenvalue weighted by molar-refractivity contribution is 0.236. The largest absolute Gasteiger partial charge is 0.396 e. The molecule has 26 heavy (non-hydrogen) atoms. The van der Waals surface area contributed by atoms with Crippen LogP contribution in [0.3, 0.4) is 0 Å². The average molecular weight is 405 g/mol. The molecule has 0 aliphatic carbocycles. The fourth-order valence-electron chi connectivity index (χ4n) is 2.72. The number of nitrogens with zero attached hydrogens (tertiary/aromatic N) is 1. The summed E-state index contributed by atoms with van der Waals surface area (Å²) < 4.78 is 3.19. The zero-order chi connectivity index (χ0) is 18.5. The van der Waals surface area contributed by atoms with Gasteiger partial charge in [-0.05, 0) is 59.2 Å². The van der Waals surface area contributed by atoms with Crippen molar-refractivity contribution in [2.75, 3.05) is 17.6 Å². The minimum absolute atomic E-state index is 0.176. The molecule has 1 aromatic carbocycles. The van der Waals surface area contributed by atoms with Crippen LogP contribution in [-0.2, 0) is 6.42 Å². The Morgan fingerprint density at radius 2 is 2.08 bits per heavy atom. The van der Waals surface area contributed by atoms with Gasteiger partial charge in [-0.15, -0.1) is 11.3 Å². The summed E-state index contributed by atoms with van der Waals surface area (Å²) in [6.45, 7) is 2.20. The summed E-state index contributed by atoms with van der Waals surface area (Å²) in [5.41, 5.74) is 5.30. The summed E-state index contributed by atoms with van der Waals surface area (Å²) in [6.07, 6.45) is 4.60. The molecule has 6 heteroatoms. The zero-order valence-electron chi connectivity index (χ0n) is 14.7. The molecule has 0 saturated heterocycles. The first kappa shape index (κ1) is 19.2. The van der Waals surface area contributed by atoms with Gasteiger partial charge in [0.15, 0.2) is 0 Å². The Balaban J connectivity index is 1.85. The molecule has 3 rings (SSSR count). The van der Waals surface area contributed by atoms with Gasteiger partial charge in [0.25, 0.3) is 0 Å². The van der Waals surface area contributed by atoms with Gasteiger partial charge in [-0.25, -0.2) is 0 Å². The van der Waals surface area contributed by atoms with Gasteiger partial charge in [0.05, 0.1) is 5.02 Å². The molecular weight excluding hydrogens is 384 g/mol. The van der Waals surface area contributed by atoms with E-state index in [-0.39, 0.29) is 12.5 Å². The van der Waals surface area contributed by atoms with Gasteiger partial charge in [-0.2, -0.15) is 0 Å². The number of anilines is 1. The van der Waals surface area contributed by atoms with Gasteiger partial charge in [0.1, 0.15) is 0 Å². The Morgan fingerprint density at radius 1 is 1.23 bits per heavy atom. The number of thiophene rings is 1. The first-order chi connectivity index (χ1) is 12.6. The molecule has 136 valence electrons. The molecule has 2 N–H and O–H groups in total. The highest BCUT2D eigenvalue weighted by Crippen LogP contribution is 2.37. The number of nitrogens with one attached hydrogen (secondary N) is 1. The minimum Gasteiger partial charge on any atom is -0.396 e. The molecule has 0 bridgehead atoms. The molecule has 0 aliphatic rings. The van der Waals surface area contributed by atoms with E-state index in [1.54, 1.807) is 23.3 Å². The van der Waals surface area contributed by atoms with Crippen LogP contribution in [-0.4, -0.2) is 23.0 Å². The van der Waals surface area contributed by atoms with E-state index in [2.05, 4.69) is 27.2 Å². The molecule has 3 nitrogen and oxygen atoms in total. The molecule has 2 heterocycles. The number of aliphatic hydroxyl groups is 1. The number of aromatic nitrogens is 1. The molecule has 0 amide bonds. The molecule has 0 aliphatic heterocycles. The van der Waals surface area contributed by atoms with Crippen LogP contribution in [0.2, 0.25) is 5.02 Å². The highest BCUT2D eigenvalue weighted by atomic mass is 35.5. The second-order valence-corrected chi connectivity index (χ2v) is 8.16. The van der Waals surface area contributed by atoms with Crippen LogP contribution < -0.4 is 4.72 Å². The van der Waals surface area contributed by atoms with Crippen molar-refractivity contribution in [3.05, 3.63) is 58.7 Å². The molecule has 0 fully saturated rings. The molecule has 0 spiro atoms. The second-order valence-electron chi connectivity index (χ2n) is 6.23. The van der Waals surface area contributed by atoms with E-state index in [4.69, 9.17) is 11.6 Å². The van der Waals surface area contributed by atoms with Gasteiger partial charge < -0.3 is 9.83 Å². The second kappa shape index (κ2) is 8.91. The predicted octanol–water partition coefficient (Wildman–Crippen LogP) is 5.99. The predicted molar refractivity (Wildman–Crippen MR) is 115 cm³/mol. The number of halogens is 1. The Kier molecular flexibility index (Phi) is 6.59. The third-order valence-corrected chi connectivity index (χ3v) is 5.80. The minimum atomic E-state index is 0.176. The Labute approximate surface area is 167 Å². The molecule has 0 saturated carbocycles. The van der Waals surface area contributed by atoms with Crippen LogP contribution in [0.1, 0.15) is 12.6 Å². The summed E-state index contributed by atoms with van der Waals surface area (Å²) in [5, 5.41) is 12.1. The normalized spacial score (nSPS) is 12.2. The van der Waals surface area contributed by atoms with Crippen LogP contribution in [0.15, 0.2) is 48.0 Å². The van der Waals surface area contributed by atoms with Crippen LogP contribution in [0.25, 0.3) is 21.6 Å². The highest BCUT2D eigenvalue weighted by molar-refractivity contribution is 7.99. The van der Waals surface area contributed by atoms with Crippen molar-refractivity contribution in [3.63, 3.8) is 0 Å². The number of rotatable bonds is 7. The van der Waals surface area contributed by atoms with E-state index < -0.39 is 0 Å². The molecule has 1 unspecified atom stereocenters. The maximum Gasteiger partial charge on any atom is 0.0505 e. The van der Waals surface area contributed by atoms with E-state index in [0.717, 1.165) is 39.5 Å². The number of aliphatic hydroxyl groups excluding tert-OH is 1. The van der Waals surface area contributed by atoms with Crippen LogP contribution in [0.4, 0.5) is 5.69 Å². The smallest absolute Gasteiger partial charge is 0.0505 e. The number of pyridine rings is 1. The number of benzene rings is 1. The number of hydrogen-bond acceptors (Lipinski definition) is 5. The first-order valence-electron chi connectivity index (χ1n) is 8.34. The lowest BCUT2D eigenvalue weighted by Gasteiger charge is -2.08. The first-order valence-corrected chi connectivity index (χ1v) is 10.8. The van der Waals surface area contributed by atoms with Crippen LogP contribution >= 0.6 is 34.9 Å². The quantitative estimate of drug-likeness (QED) is 0.474. The van der Waals surface area contributed by atoms with Gasteiger partial charge in [0.2, 0.25) is 0 Å². The van der Waals surface area contributed by atoms with Crippen LogP contribution in [0, 0.1) is 5.92 Å². The average Bonchev–Trinajstić information content (AvgIpc) is 3.12. The van der Waals surface area contributed by atoms with E-state index >= 15 is 0 Å². The maximum atomic E-state index is 9.25. The lowest BCUT2D eigenvalue weighted by Crippen LogP contribution is -2.05.